The lowest BCUT2D eigenvalue weighted by molar-refractivity contribution is -0.137. The monoisotopic (exact) mass is 544 g/mol. The molecule has 0 saturated heterocycles. The predicted molar refractivity (Wildman–Crippen MR) is 155 cm³/mol. The summed E-state index contributed by atoms with van der Waals surface area (Å²) in [6.45, 7) is 0.507. The van der Waals surface area contributed by atoms with Crippen LogP contribution in [0.3, 0.4) is 0 Å². The van der Waals surface area contributed by atoms with Crippen LogP contribution in [0.4, 0.5) is 0 Å². The summed E-state index contributed by atoms with van der Waals surface area (Å²) in [4.78, 5) is 22.1. The lowest BCUT2D eigenvalue weighted by Gasteiger charge is -2.22. The molecule has 4 rings (SSSR count). The van der Waals surface area contributed by atoms with Gasteiger partial charge in [-0.1, -0.05) is 61.7 Å². The third kappa shape index (κ3) is 9.15. The van der Waals surface area contributed by atoms with Crippen LogP contribution in [-0.4, -0.2) is 28.3 Å². The van der Waals surface area contributed by atoms with E-state index in [0.717, 1.165) is 36.1 Å². The van der Waals surface area contributed by atoms with Crippen LogP contribution in [-0.2, 0) is 17.8 Å². The predicted octanol–water partition coefficient (Wildman–Crippen LogP) is 8.04. The molecule has 1 aliphatic rings. The average molecular weight is 545 g/mol. The summed E-state index contributed by atoms with van der Waals surface area (Å²) in [6.07, 6.45) is 10.1. The highest BCUT2D eigenvalue weighted by Gasteiger charge is 2.16. The number of unbranched alkanes of at least 4 members (excludes halogenated alkanes) is 1. The maximum Gasteiger partial charge on any atom is 0.335 e. The Labute approximate surface area is 237 Å². The highest BCUT2D eigenvalue weighted by Crippen LogP contribution is 2.33. The average Bonchev–Trinajstić information content (AvgIpc) is 2.98. The first-order valence-corrected chi connectivity index (χ1v) is 14.5. The molecule has 0 radical (unpaired) electrons. The fourth-order valence-corrected chi connectivity index (χ4v) is 5.43. The van der Waals surface area contributed by atoms with Crippen molar-refractivity contribution in [1.29, 1.82) is 0 Å². The topological polar surface area (TPSA) is 93.1 Å². The number of carboxylic acids is 2. The number of benzene rings is 3. The highest BCUT2D eigenvalue weighted by molar-refractivity contribution is 5.87. The fraction of sp³-hybridized carbons (Fsp3) is 0.412. The lowest BCUT2D eigenvalue weighted by Crippen LogP contribution is -2.18. The van der Waals surface area contributed by atoms with Gasteiger partial charge in [0.1, 0.15) is 18.1 Å². The molecule has 1 unspecified atom stereocenters. The Balaban J connectivity index is 1.35. The Morgan fingerprint density at radius 1 is 0.825 bits per heavy atom. The first-order valence-electron chi connectivity index (χ1n) is 14.5. The number of aliphatic carboxylic acids is 1. The van der Waals surface area contributed by atoms with Crippen LogP contribution >= 0.6 is 0 Å². The second-order valence-corrected chi connectivity index (χ2v) is 10.7. The summed E-state index contributed by atoms with van der Waals surface area (Å²) in [6, 6.07) is 23.4. The minimum Gasteiger partial charge on any atom is -0.490 e. The molecule has 6 heteroatoms. The molecule has 3 aromatic carbocycles. The second-order valence-electron chi connectivity index (χ2n) is 10.7. The number of ether oxygens (including phenoxy) is 2. The number of hydrogen-bond donors (Lipinski definition) is 2. The zero-order chi connectivity index (χ0) is 28.2. The molecule has 6 nitrogen and oxygen atoms in total. The third-order valence-corrected chi connectivity index (χ3v) is 7.73. The number of aromatic carboxylic acids is 1. The molecule has 0 bridgehead atoms. The Hall–Kier alpha value is -3.80. The summed E-state index contributed by atoms with van der Waals surface area (Å²) >= 11 is 0. The number of hydrogen-bond acceptors (Lipinski definition) is 4. The first-order chi connectivity index (χ1) is 19.5. The second kappa shape index (κ2) is 15.1. The molecule has 2 N–H and O–H groups in total. The van der Waals surface area contributed by atoms with Gasteiger partial charge in [-0.3, -0.25) is 4.79 Å². The maximum atomic E-state index is 11.2. The van der Waals surface area contributed by atoms with E-state index < -0.39 is 11.9 Å². The zero-order valence-electron chi connectivity index (χ0n) is 23.1. The van der Waals surface area contributed by atoms with Gasteiger partial charge in [-0.15, -0.1) is 0 Å². The molecular formula is C34H40O6. The van der Waals surface area contributed by atoms with Crippen molar-refractivity contribution in [2.24, 2.45) is 0 Å². The van der Waals surface area contributed by atoms with Crippen LogP contribution in [0.25, 0.3) is 0 Å². The van der Waals surface area contributed by atoms with Crippen LogP contribution in [0.1, 0.15) is 97.2 Å². The van der Waals surface area contributed by atoms with Crippen LogP contribution in [0, 0.1) is 0 Å². The van der Waals surface area contributed by atoms with Gasteiger partial charge in [0, 0.05) is 6.42 Å². The summed E-state index contributed by atoms with van der Waals surface area (Å²) in [7, 11) is 0. The molecule has 0 heterocycles. The number of para-hydroxylation sites is 1. The summed E-state index contributed by atoms with van der Waals surface area (Å²) in [5.41, 5.74) is 3.90. The van der Waals surface area contributed by atoms with Crippen molar-refractivity contribution < 1.29 is 29.3 Å². The molecule has 0 amide bonds. The van der Waals surface area contributed by atoms with Crippen molar-refractivity contribution in [2.45, 2.75) is 89.3 Å². The number of rotatable bonds is 15. The van der Waals surface area contributed by atoms with Gasteiger partial charge in [0.25, 0.3) is 0 Å². The van der Waals surface area contributed by atoms with E-state index in [1.807, 2.05) is 18.2 Å². The van der Waals surface area contributed by atoms with Gasteiger partial charge < -0.3 is 19.7 Å². The first kappa shape index (κ1) is 29.2. The summed E-state index contributed by atoms with van der Waals surface area (Å²) in [5, 5.41) is 18.1. The quantitative estimate of drug-likeness (QED) is 0.188. The van der Waals surface area contributed by atoms with Crippen molar-refractivity contribution in [3.63, 3.8) is 0 Å². The maximum absolute atomic E-state index is 11.2. The molecule has 1 saturated carbocycles. The minimum atomic E-state index is -0.978. The standard InChI is InChI=1S/C34H40O6/c35-33(36)13-7-5-11-30(40-31-22-19-29(20-23-31)34(37)38)21-18-28-10-4-6-12-32(28)39-24-25-14-16-27(17-15-25)26-8-2-1-3-9-26/h4,6,10,12,14-17,19-20,22-23,26,30H,1-3,5,7-9,11,13,18,21,24H2,(H,35,36)(H,37,38). The third-order valence-electron chi connectivity index (χ3n) is 7.73. The number of carboxylic acid groups (broad SMARTS) is 2. The van der Waals surface area contributed by atoms with Gasteiger partial charge in [-0.05, 0) is 97.9 Å². The SMILES string of the molecule is O=C(O)CCCCC(CCc1ccccc1OCc1ccc(C2CCCCC2)cc1)Oc1ccc(C(=O)O)cc1. The van der Waals surface area contributed by atoms with Gasteiger partial charge in [-0.25, -0.2) is 4.79 Å². The fourth-order valence-electron chi connectivity index (χ4n) is 5.43. The van der Waals surface area contributed by atoms with E-state index in [0.29, 0.717) is 31.1 Å². The summed E-state index contributed by atoms with van der Waals surface area (Å²) in [5.74, 6) is 0.382. The van der Waals surface area contributed by atoms with Gasteiger partial charge in [-0.2, -0.15) is 0 Å². The van der Waals surface area contributed by atoms with Gasteiger partial charge in [0.15, 0.2) is 0 Å². The largest absolute Gasteiger partial charge is 0.490 e. The summed E-state index contributed by atoms with van der Waals surface area (Å²) < 4.78 is 12.5. The van der Waals surface area contributed by atoms with Crippen LogP contribution in [0.5, 0.6) is 11.5 Å². The number of carbonyl (C=O) groups is 2. The molecular weight excluding hydrogens is 504 g/mol. The van der Waals surface area contributed by atoms with E-state index in [2.05, 4.69) is 30.3 Å². The molecule has 0 spiro atoms. The van der Waals surface area contributed by atoms with Crippen LogP contribution in [0.15, 0.2) is 72.8 Å². The van der Waals surface area contributed by atoms with Crippen LogP contribution in [0.2, 0.25) is 0 Å². The van der Waals surface area contributed by atoms with E-state index in [9.17, 15) is 9.59 Å². The molecule has 0 aliphatic heterocycles. The van der Waals surface area contributed by atoms with E-state index in [-0.39, 0.29) is 18.1 Å². The number of aryl methyl sites for hydroxylation is 1. The Kier molecular flexibility index (Phi) is 11.0. The van der Waals surface area contributed by atoms with E-state index >= 15 is 0 Å². The minimum absolute atomic E-state index is 0.134. The molecule has 212 valence electrons. The molecule has 40 heavy (non-hydrogen) atoms. The molecule has 0 aromatic heterocycles. The molecule has 1 atom stereocenters. The van der Waals surface area contributed by atoms with E-state index in [1.165, 1.54) is 49.8 Å². The zero-order valence-corrected chi connectivity index (χ0v) is 23.1. The van der Waals surface area contributed by atoms with Crippen LogP contribution < -0.4 is 9.47 Å². The van der Waals surface area contributed by atoms with Crippen molar-refractivity contribution in [3.8, 4) is 11.5 Å². The van der Waals surface area contributed by atoms with Crippen molar-refractivity contribution in [2.75, 3.05) is 0 Å². The molecule has 1 aliphatic carbocycles. The normalized spacial score (nSPS) is 14.4. The van der Waals surface area contributed by atoms with Crippen molar-refractivity contribution >= 4 is 11.9 Å². The Bertz CT molecular complexity index is 1210. The smallest absolute Gasteiger partial charge is 0.335 e. The Morgan fingerprint density at radius 3 is 2.25 bits per heavy atom. The van der Waals surface area contributed by atoms with E-state index in [1.54, 1.807) is 12.1 Å². The lowest BCUT2D eigenvalue weighted by atomic mass is 9.84. The van der Waals surface area contributed by atoms with Gasteiger partial charge >= 0.3 is 11.9 Å². The molecule has 1 fully saturated rings. The van der Waals surface area contributed by atoms with E-state index in [4.69, 9.17) is 19.7 Å². The Morgan fingerprint density at radius 2 is 1.55 bits per heavy atom. The highest BCUT2D eigenvalue weighted by atomic mass is 16.5. The van der Waals surface area contributed by atoms with Crippen molar-refractivity contribution in [3.05, 3.63) is 95.1 Å². The molecule has 3 aromatic rings. The van der Waals surface area contributed by atoms with Gasteiger partial charge in [0.2, 0.25) is 0 Å². The van der Waals surface area contributed by atoms with Gasteiger partial charge in [0.05, 0.1) is 11.7 Å². The van der Waals surface area contributed by atoms with Crippen molar-refractivity contribution in [1.82, 2.24) is 0 Å².